The molecule has 0 radical (unpaired) electrons. The molecule has 1 rings (SSSR count). The molecular formula is C13H27NO5Si. The van der Waals surface area contributed by atoms with Gasteiger partial charge < -0.3 is 18.0 Å². The Kier molecular flexibility index (Phi) is 7.68. The Morgan fingerprint density at radius 1 is 1.15 bits per heavy atom. The molecule has 0 spiro atoms. The van der Waals surface area contributed by atoms with Crippen LogP contribution in [0.1, 0.15) is 27.2 Å². The van der Waals surface area contributed by atoms with Gasteiger partial charge in [0.05, 0.1) is 7.11 Å². The molecule has 6 nitrogen and oxygen atoms in total. The minimum Gasteiger partial charge on any atom is -0.468 e. The van der Waals surface area contributed by atoms with E-state index in [1.807, 2.05) is 20.8 Å². The lowest BCUT2D eigenvalue weighted by Crippen LogP contribution is -2.46. The van der Waals surface area contributed by atoms with E-state index in [2.05, 4.69) is 4.90 Å². The van der Waals surface area contributed by atoms with E-state index in [1.165, 1.54) is 7.11 Å². The van der Waals surface area contributed by atoms with Gasteiger partial charge in [-0.25, -0.2) is 0 Å². The van der Waals surface area contributed by atoms with E-state index >= 15 is 0 Å². The summed E-state index contributed by atoms with van der Waals surface area (Å²) in [5.41, 5.74) is 0. The molecule has 0 aromatic carbocycles. The summed E-state index contributed by atoms with van der Waals surface area (Å²) in [5, 5.41) is 0. The van der Waals surface area contributed by atoms with Crippen molar-refractivity contribution in [3.05, 3.63) is 0 Å². The average Bonchev–Trinajstić information content (AvgIpc) is 3.18. The van der Waals surface area contributed by atoms with Crippen LogP contribution in [0, 0.1) is 0 Å². The van der Waals surface area contributed by atoms with Crippen LogP contribution in [0.2, 0.25) is 6.04 Å². The van der Waals surface area contributed by atoms with Crippen LogP contribution in [-0.4, -0.2) is 65.7 Å². The number of methoxy groups -OCH3 is 1. The third kappa shape index (κ3) is 5.14. The molecule has 1 unspecified atom stereocenters. The Morgan fingerprint density at radius 3 is 2.15 bits per heavy atom. The van der Waals surface area contributed by atoms with Gasteiger partial charge in [0.15, 0.2) is 0 Å². The summed E-state index contributed by atoms with van der Waals surface area (Å²) in [4.78, 5) is 13.4. The summed E-state index contributed by atoms with van der Waals surface area (Å²) in [6, 6.07) is 0.731. The molecular weight excluding hydrogens is 278 g/mol. The number of hydrogen-bond acceptors (Lipinski definition) is 6. The molecule has 0 amide bonds. The first kappa shape index (κ1) is 17.6. The van der Waals surface area contributed by atoms with Crippen molar-refractivity contribution in [2.75, 3.05) is 40.0 Å². The van der Waals surface area contributed by atoms with Gasteiger partial charge in [0.2, 0.25) is 0 Å². The first-order valence-corrected chi connectivity index (χ1v) is 9.29. The number of carbonyl (C=O) groups excluding carboxylic acids is 1. The molecule has 1 aliphatic rings. The van der Waals surface area contributed by atoms with Crippen molar-refractivity contribution in [2.24, 2.45) is 0 Å². The van der Waals surface area contributed by atoms with E-state index in [-0.39, 0.29) is 12.0 Å². The third-order valence-electron chi connectivity index (χ3n) is 3.21. The lowest BCUT2D eigenvalue weighted by atomic mass is 10.4. The zero-order valence-corrected chi connectivity index (χ0v) is 14.0. The second-order valence-electron chi connectivity index (χ2n) is 4.62. The summed E-state index contributed by atoms with van der Waals surface area (Å²) >= 11 is 0. The second-order valence-corrected chi connectivity index (χ2v) is 7.35. The van der Waals surface area contributed by atoms with Crippen molar-refractivity contribution in [2.45, 2.75) is 39.3 Å². The Morgan fingerprint density at radius 2 is 1.70 bits per heavy atom. The van der Waals surface area contributed by atoms with Crippen LogP contribution in [0.5, 0.6) is 0 Å². The van der Waals surface area contributed by atoms with E-state index in [4.69, 9.17) is 18.0 Å². The van der Waals surface area contributed by atoms with Gasteiger partial charge in [0, 0.05) is 32.4 Å². The van der Waals surface area contributed by atoms with Crippen LogP contribution in [0.15, 0.2) is 0 Å². The van der Waals surface area contributed by atoms with Crippen molar-refractivity contribution in [1.29, 1.82) is 0 Å². The Balaban J connectivity index is 2.36. The van der Waals surface area contributed by atoms with Gasteiger partial charge in [-0.1, -0.05) is 0 Å². The smallest absolute Gasteiger partial charge is 0.468 e. The van der Waals surface area contributed by atoms with Crippen molar-refractivity contribution < 1.29 is 22.8 Å². The lowest BCUT2D eigenvalue weighted by Gasteiger charge is -2.28. The highest BCUT2D eigenvalue weighted by molar-refractivity contribution is 6.60. The molecule has 1 fully saturated rings. The molecule has 0 aromatic heterocycles. The van der Waals surface area contributed by atoms with Crippen LogP contribution in [0.4, 0.5) is 0 Å². The Bertz CT molecular complexity index is 285. The number of esters is 1. The number of rotatable bonds is 11. The molecule has 0 aromatic rings. The zero-order valence-electron chi connectivity index (χ0n) is 13.0. The van der Waals surface area contributed by atoms with Gasteiger partial charge in [-0.15, -0.1) is 0 Å². The van der Waals surface area contributed by atoms with Crippen molar-refractivity contribution >= 4 is 14.8 Å². The average molecular weight is 305 g/mol. The fourth-order valence-corrected chi connectivity index (χ4v) is 4.88. The topological polar surface area (TPSA) is 57.0 Å². The fraction of sp³-hybridized carbons (Fsp3) is 0.923. The fourth-order valence-electron chi connectivity index (χ4n) is 2.28. The maximum absolute atomic E-state index is 11.3. The molecule has 0 aliphatic carbocycles. The molecule has 1 aliphatic heterocycles. The Labute approximate surface area is 122 Å². The standard InChI is InChI=1S/C13H27NO5Si/c1-5-17-20(18-6-2,19-7-3)10-8-9-14-11-12(14)13(15)16-4/h12H,5-11H2,1-4H3/t12-,14?/m0/s1. The minimum absolute atomic E-state index is 0.0534. The van der Waals surface area contributed by atoms with Crippen LogP contribution >= 0.6 is 0 Å². The molecule has 1 saturated heterocycles. The van der Waals surface area contributed by atoms with Crippen LogP contribution < -0.4 is 0 Å². The Hall–Kier alpha value is -0.473. The molecule has 20 heavy (non-hydrogen) atoms. The van der Waals surface area contributed by atoms with Crippen molar-refractivity contribution in [1.82, 2.24) is 4.90 Å². The molecule has 0 saturated carbocycles. The SMILES string of the molecule is CCO[Si](CCCN1C[C@H]1C(=O)OC)(OCC)OCC. The van der Waals surface area contributed by atoms with E-state index < -0.39 is 8.80 Å². The quantitative estimate of drug-likeness (QED) is 0.326. The summed E-state index contributed by atoms with van der Waals surface area (Å²) in [5.74, 6) is -0.145. The molecule has 7 heteroatoms. The first-order valence-electron chi connectivity index (χ1n) is 7.36. The van der Waals surface area contributed by atoms with Gasteiger partial charge in [0.25, 0.3) is 0 Å². The van der Waals surface area contributed by atoms with Crippen LogP contribution in [0.25, 0.3) is 0 Å². The monoisotopic (exact) mass is 305 g/mol. The largest absolute Gasteiger partial charge is 0.500 e. The summed E-state index contributed by atoms with van der Waals surface area (Å²) in [7, 11) is -1.11. The lowest BCUT2D eigenvalue weighted by molar-refractivity contribution is -0.140. The zero-order chi connectivity index (χ0) is 15.0. The number of nitrogens with zero attached hydrogens (tertiary/aromatic N) is 1. The van der Waals surface area contributed by atoms with Gasteiger partial charge in [-0.3, -0.25) is 9.69 Å². The van der Waals surface area contributed by atoms with Crippen molar-refractivity contribution in [3.63, 3.8) is 0 Å². The normalized spacial score (nSPS) is 21.8. The summed E-state index contributed by atoms with van der Waals surface area (Å²) < 4.78 is 22.1. The van der Waals surface area contributed by atoms with Gasteiger partial charge in [-0.2, -0.15) is 0 Å². The van der Waals surface area contributed by atoms with E-state index in [9.17, 15) is 4.79 Å². The third-order valence-corrected chi connectivity index (χ3v) is 6.36. The van der Waals surface area contributed by atoms with Gasteiger partial charge >= 0.3 is 14.8 Å². The van der Waals surface area contributed by atoms with E-state index in [1.54, 1.807) is 0 Å². The van der Waals surface area contributed by atoms with Crippen LogP contribution in [0.3, 0.4) is 0 Å². The highest BCUT2D eigenvalue weighted by Gasteiger charge is 2.43. The van der Waals surface area contributed by atoms with Gasteiger partial charge in [-0.05, 0) is 33.7 Å². The van der Waals surface area contributed by atoms with E-state index in [0.29, 0.717) is 19.8 Å². The predicted molar refractivity (Wildman–Crippen MR) is 77.4 cm³/mol. The summed E-state index contributed by atoms with van der Waals surface area (Å²) in [6.45, 7) is 9.30. The number of ether oxygens (including phenoxy) is 1. The molecule has 0 bridgehead atoms. The maximum atomic E-state index is 11.3. The molecule has 1 heterocycles. The summed E-state index contributed by atoms with van der Waals surface area (Å²) in [6.07, 6.45) is 0.902. The number of hydrogen-bond donors (Lipinski definition) is 0. The van der Waals surface area contributed by atoms with Gasteiger partial charge in [0.1, 0.15) is 6.04 Å². The molecule has 2 atom stereocenters. The molecule has 118 valence electrons. The first-order chi connectivity index (χ1) is 9.62. The van der Waals surface area contributed by atoms with Crippen LogP contribution in [-0.2, 0) is 22.8 Å². The maximum Gasteiger partial charge on any atom is 0.500 e. The molecule has 0 N–H and O–H groups in total. The highest BCUT2D eigenvalue weighted by atomic mass is 28.4. The van der Waals surface area contributed by atoms with Crippen molar-refractivity contribution in [3.8, 4) is 0 Å². The second kappa shape index (κ2) is 8.73. The number of carbonyl (C=O) groups is 1. The van der Waals surface area contributed by atoms with E-state index in [0.717, 1.165) is 25.6 Å². The minimum atomic E-state index is -2.53. The predicted octanol–water partition coefficient (Wildman–Crippen LogP) is 1.28. The highest BCUT2D eigenvalue weighted by Crippen LogP contribution is 2.23.